The summed E-state index contributed by atoms with van der Waals surface area (Å²) in [7, 11) is 0. The SMILES string of the molecule is Cc1ccc(-c2nc(NC(=O)Cc3ccccc3)sc2CC(=O)O)cc1. The maximum Gasteiger partial charge on any atom is 0.308 e. The zero-order valence-corrected chi connectivity index (χ0v) is 15.0. The molecule has 0 atom stereocenters. The number of carboxylic acids is 1. The molecule has 5 nitrogen and oxygen atoms in total. The summed E-state index contributed by atoms with van der Waals surface area (Å²) in [6.45, 7) is 1.98. The fourth-order valence-electron chi connectivity index (χ4n) is 2.54. The number of nitrogens with zero attached hydrogens (tertiary/aromatic N) is 1. The third-order valence-corrected chi connectivity index (χ3v) is 4.76. The van der Waals surface area contributed by atoms with E-state index < -0.39 is 5.97 Å². The molecule has 0 aliphatic rings. The highest BCUT2D eigenvalue weighted by atomic mass is 32.1. The number of benzene rings is 2. The molecule has 0 saturated heterocycles. The molecule has 6 heteroatoms. The largest absolute Gasteiger partial charge is 0.481 e. The summed E-state index contributed by atoms with van der Waals surface area (Å²) >= 11 is 1.20. The molecule has 0 fully saturated rings. The topological polar surface area (TPSA) is 79.3 Å². The Hall–Kier alpha value is -2.99. The third kappa shape index (κ3) is 4.55. The van der Waals surface area contributed by atoms with Crippen LogP contribution in [0.4, 0.5) is 5.13 Å². The van der Waals surface area contributed by atoms with Crippen molar-refractivity contribution in [2.75, 3.05) is 5.32 Å². The predicted molar refractivity (Wildman–Crippen MR) is 102 cm³/mol. The zero-order valence-electron chi connectivity index (χ0n) is 14.2. The Morgan fingerprint density at radius 2 is 1.73 bits per heavy atom. The number of carbonyl (C=O) groups excluding carboxylic acids is 1. The molecule has 2 aromatic carbocycles. The molecular weight excluding hydrogens is 348 g/mol. The number of nitrogens with one attached hydrogen (secondary N) is 1. The molecule has 0 radical (unpaired) electrons. The van der Waals surface area contributed by atoms with Crippen LogP contribution >= 0.6 is 11.3 Å². The summed E-state index contributed by atoms with van der Waals surface area (Å²) in [5.41, 5.74) is 3.46. The van der Waals surface area contributed by atoms with Crippen molar-refractivity contribution in [3.05, 3.63) is 70.6 Å². The molecule has 1 amide bonds. The average molecular weight is 366 g/mol. The number of aryl methyl sites for hydroxylation is 1. The van der Waals surface area contributed by atoms with Gasteiger partial charge in [-0.1, -0.05) is 60.2 Å². The number of aliphatic carboxylic acids is 1. The number of amides is 1. The van der Waals surface area contributed by atoms with Gasteiger partial charge in [-0.2, -0.15) is 0 Å². The van der Waals surface area contributed by atoms with E-state index >= 15 is 0 Å². The van der Waals surface area contributed by atoms with Crippen LogP contribution in [0.3, 0.4) is 0 Å². The number of anilines is 1. The normalized spacial score (nSPS) is 10.5. The number of rotatable bonds is 6. The first-order valence-corrected chi connectivity index (χ1v) is 8.95. The minimum atomic E-state index is -0.927. The van der Waals surface area contributed by atoms with Gasteiger partial charge in [-0.25, -0.2) is 4.98 Å². The molecule has 1 heterocycles. The Balaban J connectivity index is 1.82. The third-order valence-electron chi connectivity index (χ3n) is 3.79. The molecule has 2 N–H and O–H groups in total. The van der Waals surface area contributed by atoms with Gasteiger partial charge in [-0.15, -0.1) is 11.3 Å². The molecule has 1 aromatic heterocycles. The highest BCUT2D eigenvalue weighted by Gasteiger charge is 2.17. The van der Waals surface area contributed by atoms with Crippen molar-refractivity contribution in [3.63, 3.8) is 0 Å². The summed E-state index contributed by atoms with van der Waals surface area (Å²) in [6, 6.07) is 17.1. The van der Waals surface area contributed by atoms with E-state index in [1.807, 2.05) is 61.5 Å². The van der Waals surface area contributed by atoms with Crippen molar-refractivity contribution in [3.8, 4) is 11.3 Å². The van der Waals surface area contributed by atoms with Crippen molar-refractivity contribution in [1.29, 1.82) is 0 Å². The van der Waals surface area contributed by atoms with E-state index in [0.717, 1.165) is 16.7 Å². The second-order valence-electron chi connectivity index (χ2n) is 5.94. The van der Waals surface area contributed by atoms with Crippen molar-refractivity contribution in [1.82, 2.24) is 4.98 Å². The number of carboxylic acid groups (broad SMARTS) is 1. The zero-order chi connectivity index (χ0) is 18.5. The second-order valence-corrected chi connectivity index (χ2v) is 7.02. The number of hydrogen-bond acceptors (Lipinski definition) is 4. The van der Waals surface area contributed by atoms with Crippen molar-refractivity contribution in [2.24, 2.45) is 0 Å². The van der Waals surface area contributed by atoms with Crippen LogP contribution in [0.2, 0.25) is 0 Å². The van der Waals surface area contributed by atoms with E-state index in [1.54, 1.807) is 0 Å². The molecule has 0 spiro atoms. The van der Waals surface area contributed by atoms with Gasteiger partial charge in [0.25, 0.3) is 0 Å². The molecule has 132 valence electrons. The summed E-state index contributed by atoms with van der Waals surface area (Å²) in [4.78, 5) is 28.5. The van der Waals surface area contributed by atoms with Gasteiger partial charge in [0.2, 0.25) is 5.91 Å². The number of aromatic nitrogens is 1. The van der Waals surface area contributed by atoms with Crippen LogP contribution in [0, 0.1) is 6.92 Å². The van der Waals surface area contributed by atoms with Gasteiger partial charge in [-0.05, 0) is 12.5 Å². The average Bonchev–Trinajstić information content (AvgIpc) is 2.97. The minimum Gasteiger partial charge on any atom is -0.481 e. The highest BCUT2D eigenvalue weighted by Crippen LogP contribution is 2.32. The molecule has 3 rings (SSSR count). The first-order chi connectivity index (χ1) is 12.5. The summed E-state index contributed by atoms with van der Waals surface area (Å²) in [6.07, 6.45) is 0.115. The lowest BCUT2D eigenvalue weighted by Gasteiger charge is -2.02. The van der Waals surface area contributed by atoms with Crippen LogP contribution in [-0.2, 0) is 22.4 Å². The van der Waals surface area contributed by atoms with Gasteiger partial charge in [0.1, 0.15) is 0 Å². The van der Waals surface area contributed by atoms with Crippen molar-refractivity contribution < 1.29 is 14.7 Å². The van der Waals surface area contributed by atoms with Crippen LogP contribution in [0.1, 0.15) is 16.0 Å². The van der Waals surface area contributed by atoms with Gasteiger partial charge in [-0.3, -0.25) is 9.59 Å². The Morgan fingerprint density at radius 1 is 1.04 bits per heavy atom. The standard InChI is InChI=1S/C20H18N2O3S/c1-13-7-9-15(10-8-13)19-16(12-18(24)25)26-20(22-19)21-17(23)11-14-5-3-2-4-6-14/h2-10H,11-12H2,1H3,(H,24,25)(H,21,22,23). The summed E-state index contributed by atoms with van der Waals surface area (Å²) in [5, 5.41) is 12.4. The second kappa shape index (κ2) is 7.93. The van der Waals surface area contributed by atoms with E-state index in [1.165, 1.54) is 11.3 Å². The van der Waals surface area contributed by atoms with E-state index in [9.17, 15) is 9.59 Å². The Bertz CT molecular complexity index is 918. The highest BCUT2D eigenvalue weighted by molar-refractivity contribution is 7.16. The minimum absolute atomic E-state index is 0.130. The van der Waals surface area contributed by atoms with Crippen molar-refractivity contribution in [2.45, 2.75) is 19.8 Å². The van der Waals surface area contributed by atoms with Crippen LogP contribution in [0.5, 0.6) is 0 Å². The fraction of sp³-hybridized carbons (Fsp3) is 0.150. The van der Waals surface area contributed by atoms with E-state index in [2.05, 4.69) is 10.3 Å². The van der Waals surface area contributed by atoms with Gasteiger partial charge in [0, 0.05) is 10.4 Å². The van der Waals surface area contributed by atoms with Gasteiger partial charge < -0.3 is 10.4 Å². The maximum atomic E-state index is 12.2. The summed E-state index contributed by atoms with van der Waals surface area (Å²) in [5.74, 6) is -1.11. The quantitative estimate of drug-likeness (QED) is 0.693. The number of thiazole rings is 1. The monoisotopic (exact) mass is 366 g/mol. The fourth-order valence-corrected chi connectivity index (χ4v) is 3.54. The Morgan fingerprint density at radius 3 is 2.38 bits per heavy atom. The lowest BCUT2D eigenvalue weighted by molar-refractivity contribution is -0.136. The van der Waals surface area contributed by atoms with Gasteiger partial charge in [0.05, 0.1) is 18.5 Å². The smallest absolute Gasteiger partial charge is 0.308 e. The first-order valence-electron chi connectivity index (χ1n) is 8.13. The Labute approximate surface area is 155 Å². The Kier molecular flexibility index (Phi) is 5.43. The van der Waals surface area contributed by atoms with Crippen LogP contribution in [0.25, 0.3) is 11.3 Å². The van der Waals surface area contributed by atoms with Crippen LogP contribution in [0.15, 0.2) is 54.6 Å². The molecular formula is C20H18N2O3S. The molecule has 0 aliphatic carbocycles. The van der Waals surface area contributed by atoms with Gasteiger partial charge >= 0.3 is 5.97 Å². The molecule has 3 aromatic rings. The predicted octanol–water partition coefficient (Wildman–Crippen LogP) is 3.93. The molecule has 0 unspecified atom stereocenters. The first kappa shape index (κ1) is 17.8. The van der Waals surface area contributed by atoms with E-state index in [-0.39, 0.29) is 18.7 Å². The van der Waals surface area contributed by atoms with Crippen LogP contribution < -0.4 is 5.32 Å². The van der Waals surface area contributed by atoms with E-state index in [0.29, 0.717) is 15.7 Å². The molecule has 0 saturated carbocycles. The maximum absolute atomic E-state index is 12.2. The lowest BCUT2D eigenvalue weighted by Crippen LogP contribution is -2.14. The summed E-state index contributed by atoms with van der Waals surface area (Å²) < 4.78 is 0. The lowest BCUT2D eigenvalue weighted by atomic mass is 10.1. The molecule has 0 aliphatic heterocycles. The molecule has 26 heavy (non-hydrogen) atoms. The number of hydrogen-bond donors (Lipinski definition) is 2. The molecule has 0 bridgehead atoms. The van der Waals surface area contributed by atoms with Gasteiger partial charge in [0.15, 0.2) is 5.13 Å². The van der Waals surface area contributed by atoms with Crippen molar-refractivity contribution >= 4 is 28.3 Å². The van der Waals surface area contributed by atoms with Crippen LogP contribution in [-0.4, -0.2) is 22.0 Å². The van der Waals surface area contributed by atoms with E-state index in [4.69, 9.17) is 5.11 Å². The number of carbonyl (C=O) groups is 2.